The lowest BCUT2D eigenvalue weighted by atomic mass is 9.90. The van der Waals surface area contributed by atoms with Crippen molar-refractivity contribution in [2.45, 2.75) is 31.6 Å². The third-order valence-corrected chi connectivity index (χ3v) is 1.54. The van der Waals surface area contributed by atoms with Gasteiger partial charge in [0, 0.05) is 6.04 Å². The summed E-state index contributed by atoms with van der Waals surface area (Å²) in [7, 11) is 0. The van der Waals surface area contributed by atoms with Crippen LogP contribution in [0.15, 0.2) is 0 Å². The molecule has 2 nitrogen and oxygen atoms in total. The first kappa shape index (κ1) is 6.89. The van der Waals surface area contributed by atoms with Gasteiger partial charge in [0.1, 0.15) is 0 Å². The van der Waals surface area contributed by atoms with Crippen LogP contribution < -0.4 is 5.73 Å². The first-order valence-electron chi connectivity index (χ1n) is 2.89. The van der Waals surface area contributed by atoms with Gasteiger partial charge in [-0.1, -0.05) is 0 Å². The third kappa shape index (κ3) is 1.59. The largest absolute Gasteiger partial charge is 0.345 e. The van der Waals surface area contributed by atoms with Gasteiger partial charge in [0.05, 0.1) is 6.10 Å². The van der Waals surface area contributed by atoms with Gasteiger partial charge in [0.15, 0.2) is 0 Å². The Kier molecular flexibility index (Phi) is 1.97. The van der Waals surface area contributed by atoms with Crippen molar-refractivity contribution >= 4 is 0 Å². The number of hydrogen-bond acceptors (Lipinski definition) is 2. The second kappa shape index (κ2) is 2.58. The number of halogens is 2. The smallest absolute Gasteiger partial charge is 0.325 e. The molecule has 0 aromatic carbocycles. The lowest BCUT2D eigenvalue weighted by Crippen LogP contribution is -2.46. The minimum Gasteiger partial charge on any atom is -0.325 e. The molecule has 4 heteroatoms. The van der Waals surface area contributed by atoms with Gasteiger partial charge in [-0.05, 0) is 12.8 Å². The van der Waals surface area contributed by atoms with Gasteiger partial charge >= 0.3 is 6.61 Å². The zero-order chi connectivity index (χ0) is 6.85. The Morgan fingerprint density at radius 2 is 2.11 bits per heavy atom. The van der Waals surface area contributed by atoms with Crippen molar-refractivity contribution < 1.29 is 13.5 Å². The predicted molar refractivity (Wildman–Crippen MR) is 28.1 cm³/mol. The van der Waals surface area contributed by atoms with Crippen LogP contribution in [0.2, 0.25) is 0 Å². The molecule has 0 aromatic rings. The van der Waals surface area contributed by atoms with Crippen LogP contribution in [0.5, 0.6) is 0 Å². The van der Waals surface area contributed by atoms with E-state index in [0.29, 0.717) is 6.42 Å². The summed E-state index contributed by atoms with van der Waals surface area (Å²) in [5, 5.41) is 0. The first-order chi connectivity index (χ1) is 4.20. The number of nitrogens with two attached hydrogens (primary N) is 1. The third-order valence-electron chi connectivity index (χ3n) is 1.54. The van der Waals surface area contributed by atoms with Gasteiger partial charge < -0.3 is 10.5 Å². The number of ether oxygens (including phenoxy) is 1. The van der Waals surface area contributed by atoms with Crippen LogP contribution in [-0.2, 0) is 4.74 Å². The Balaban J connectivity index is 2.13. The molecule has 0 heterocycles. The first-order valence-corrected chi connectivity index (χ1v) is 2.89. The van der Waals surface area contributed by atoms with Crippen LogP contribution in [-0.4, -0.2) is 18.8 Å². The summed E-state index contributed by atoms with van der Waals surface area (Å²) in [6.07, 6.45) is 1.08. The lowest BCUT2D eigenvalue weighted by molar-refractivity contribution is -0.186. The molecule has 0 unspecified atom stereocenters. The molecule has 54 valence electrons. The lowest BCUT2D eigenvalue weighted by Gasteiger charge is -2.32. The van der Waals surface area contributed by atoms with Crippen molar-refractivity contribution in [3.63, 3.8) is 0 Å². The molecular formula is C5H9F2NO. The molecular weight excluding hydrogens is 128 g/mol. The van der Waals surface area contributed by atoms with E-state index in [0.717, 1.165) is 6.42 Å². The summed E-state index contributed by atoms with van der Waals surface area (Å²) in [6.45, 7) is -2.67. The highest BCUT2D eigenvalue weighted by Gasteiger charge is 2.30. The van der Waals surface area contributed by atoms with Crippen LogP contribution >= 0.6 is 0 Å². The van der Waals surface area contributed by atoms with Crippen molar-refractivity contribution in [1.29, 1.82) is 0 Å². The van der Waals surface area contributed by atoms with Gasteiger partial charge in [-0.15, -0.1) is 0 Å². The molecule has 1 aliphatic carbocycles. The topological polar surface area (TPSA) is 35.2 Å². The second-order valence-corrected chi connectivity index (χ2v) is 2.18. The molecule has 1 saturated carbocycles. The van der Waals surface area contributed by atoms with Gasteiger partial charge in [0.2, 0.25) is 0 Å². The van der Waals surface area contributed by atoms with E-state index >= 15 is 0 Å². The second-order valence-electron chi connectivity index (χ2n) is 2.18. The van der Waals surface area contributed by atoms with Crippen LogP contribution in [0.4, 0.5) is 8.78 Å². The van der Waals surface area contributed by atoms with Crippen molar-refractivity contribution in [3.05, 3.63) is 0 Å². The maximum atomic E-state index is 11.4. The summed E-state index contributed by atoms with van der Waals surface area (Å²) < 4.78 is 26.9. The quantitative estimate of drug-likeness (QED) is 0.608. The molecule has 0 aromatic heterocycles. The fraction of sp³-hybridized carbons (Fsp3) is 1.00. The Morgan fingerprint density at radius 1 is 1.44 bits per heavy atom. The van der Waals surface area contributed by atoms with E-state index in [4.69, 9.17) is 5.73 Å². The van der Waals surface area contributed by atoms with E-state index in [1.165, 1.54) is 0 Å². The average Bonchev–Trinajstić information content (AvgIpc) is 1.79. The number of rotatable bonds is 2. The number of hydrogen-bond donors (Lipinski definition) is 1. The summed E-state index contributed by atoms with van der Waals surface area (Å²) in [5.41, 5.74) is 5.31. The normalized spacial score (nSPS) is 34.7. The maximum absolute atomic E-state index is 11.4. The monoisotopic (exact) mass is 137 g/mol. The van der Waals surface area contributed by atoms with Crippen molar-refractivity contribution in [2.24, 2.45) is 5.73 Å². The summed E-state index contributed by atoms with van der Waals surface area (Å²) in [6, 6.07) is -0.168. The Labute approximate surface area is 52.0 Å². The Morgan fingerprint density at radius 3 is 2.22 bits per heavy atom. The maximum Gasteiger partial charge on any atom is 0.345 e. The molecule has 0 aliphatic heterocycles. The number of alkyl halides is 2. The van der Waals surface area contributed by atoms with Gasteiger partial charge in [-0.2, -0.15) is 8.78 Å². The van der Waals surface area contributed by atoms with E-state index in [9.17, 15) is 8.78 Å². The van der Waals surface area contributed by atoms with Gasteiger partial charge in [-0.3, -0.25) is 0 Å². The molecule has 1 fully saturated rings. The molecule has 2 atom stereocenters. The Hall–Kier alpha value is -0.220. The molecule has 9 heavy (non-hydrogen) atoms. The van der Waals surface area contributed by atoms with Crippen LogP contribution in [0, 0.1) is 0 Å². The molecule has 0 spiro atoms. The van der Waals surface area contributed by atoms with Gasteiger partial charge in [0.25, 0.3) is 0 Å². The van der Waals surface area contributed by atoms with E-state index in [2.05, 4.69) is 4.74 Å². The highest BCUT2D eigenvalue weighted by atomic mass is 19.3. The molecule has 2 N–H and O–H groups in total. The van der Waals surface area contributed by atoms with Crippen LogP contribution in [0.25, 0.3) is 0 Å². The van der Waals surface area contributed by atoms with E-state index in [1.807, 2.05) is 0 Å². The molecule has 0 radical (unpaired) electrons. The van der Waals surface area contributed by atoms with E-state index in [-0.39, 0.29) is 6.04 Å². The zero-order valence-electron chi connectivity index (χ0n) is 4.89. The van der Waals surface area contributed by atoms with E-state index in [1.54, 1.807) is 0 Å². The Bertz CT molecular complexity index is 99.0. The SMILES string of the molecule is N[C@@H]1CC[C@H]1OC(F)F. The van der Waals surface area contributed by atoms with E-state index < -0.39 is 12.7 Å². The van der Waals surface area contributed by atoms with Crippen molar-refractivity contribution in [3.8, 4) is 0 Å². The molecule has 0 bridgehead atoms. The average molecular weight is 137 g/mol. The predicted octanol–water partition coefficient (Wildman–Crippen LogP) is 0.715. The summed E-state index contributed by atoms with van der Waals surface area (Å²) in [5.74, 6) is 0. The minimum atomic E-state index is -2.67. The molecule has 1 rings (SSSR count). The molecule has 0 saturated heterocycles. The van der Waals surface area contributed by atoms with Crippen LogP contribution in [0.1, 0.15) is 12.8 Å². The van der Waals surface area contributed by atoms with Gasteiger partial charge in [-0.25, -0.2) is 0 Å². The van der Waals surface area contributed by atoms with Crippen LogP contribution in [0.3, 0.4) is 0 Å². The molecule has 1 aliphatic rings. The highest BCUT2D eigenvalue weighted by Crippen LogP contribution is 2.22. The molecule has 0 amide bonds. The van der Waals surface area contributed by atoms with Crippen molar-refractivity contribution in [2.75, 3.05) is 0 Å². The van der Waals surface area contributed by atoms with Crippen molar-refractivity contribution in [1.82, 2.24) is 0 Å². The highest BCUT2D eigenvalue weighted by molar-refractivity contribution is 4.84. The fourth-order valence-corrected chi connectivity index (χ4v) is 0.796. The summed E-state index contributed by atoms with van der Waals surface area (Å²) in [4.78, 5) is 0. The summed E-state index contributed by atoms with van der Waals surface area (Å²) >= 11 is 0. The fourth-order valence-electron chi connectivity index (χ4n) is 0.796. The zero-order valence-corrected chi connectivity index (χ0v) is 4.89. The minimum absolute atomic E-state index is 0.168. The standard InChI is InChI=1S/C5H9F2NO/c6-5(7)9-4-2-1-3(4)8/h3-5H,1-2,8H2/t3-,4-/m1/s1.